The third-order valence-electron chi connectivity index (χ3n) is 6.73. The van der Waals surface area contributed by atoms with E-state index in [9.17, 15) is 4.79 Å². The minimum Gasteiger partial charge on any atom is -0.367 e. The van der Waals surface area contributed by atoms with E-state index >= 15 is 0 Å². The number of pyridine rings is 1. The number of nitrogens with one attached hydrogen (secondary N) is 2. The summed E-state index contributed by atoms with van der Waals surface area (Å²) in [6.07, 6.45) is 12.2. The van der Waals surface area contributed by atoms with Crippen LogP contribution in [-0.2, 0) is 13.6 Å². The lowest BCUT2D eigenvalue weighted by molar-refractivity contribution is 0.240. The fourth-order valence-electron chi connectivity index (χ4n) is 4.77. The summed E-state index contributed by atoms with van der Waals surface area (Å²) in [7, 11) is 1.89. The van der Waals surface area contributed by atoms with Gasteiger partial charge in [0.15, 0.2) is 0 Å². The Kier molecular flexibility index (Phi) is 7.54. The van der Waals surface area contributed by atoms with Gasteiger partial charge in [-0.2, -0.15) is 10.4 Å². The zero-order valence-corrected chi connectivity index (χ0v) is 21.2. The van der Waals surface area contributed by atoms with Gasteiger partial charge in [-0.05, 0) is 61.6 Å². The molecule has 2 amide bonds. The number of urea groups is 1. The van der Waals surface area contributed by atoms with Crippen LogP contribution in [0.25, 0.3) is 11.1 Å². The smallest absolute Gasteiger partial charge is 0.322 e. The second kappa shape index (κ2) is 11.5. The highest BCUT2D eigenvalue weighted by atomic mass is 16.2. The van der Waals surface area contributed by atoms with Gasteiger partial charge in [0.05, 0.1) is 18.3 Å². The van der Waals surface area contributed by atoms with Crippen LogP contribution in [0.1, 0.15) is 37.1 Å². The number of carbonyl (C=O) groups is 1. The standard InChI is InChI=1S/C28H29N9O/c1-36-19-22(17-34-36)21-4-8-24(9-5-21)37(28(38)33-18-27-30-13-2-14-31-27)25-10-6-23(7-11-25)35-26-12-3-20(15-29)16-32-26/h2-5,8-9,12-14,16-17,19,23,25H,6-7,10-11,18H2,1H3,(H,32,35)(H,33,38). The number of nitriles is 1. The number of aromatic nitrogens is 5. The van der Waals surface area contributed by atoms with Crippen LogP contribution in [0, 0.1) is 11.3 Å². The SMILES string of the molecule is Cn1cc(-c2ccc(N(C(=O)NCc3ncccn3)C3CCC(Nc4ccc(C#N)cn4)CC3)cc2)cn1. The molecule has 0 spiro atoms. The quantitative estimate of drug-likeness (QED) is 0.382. The van der Waals surface area contributed by atoms with Crippen LogP contribution in [0.4, 0.5) is 16.3 Å². The summed E-state index contributed by atoms with van der Waals surface area (Å²) in [6, 6.07) is 15.6. The lowest BCUT2D eigenvalue weighted by Gasteiger charge is -2.37. The molecule has 3 aromatic heterocycles. The molecule has 1 saturated carbocycles. The first-order chi connectivity index (χ1) is 18.6. The van der Waals surface area contributed by atoms with Crippen molar-refractivity contribution in [2.75, 3.05) is 10.2 Å². The zero-order valence-electron chi connectivity index (χ0n) is 21.2. The molecule has 0 bridgehead atoms. The first kappa shape index (κ1) is 24.9. The highest BCUT2D eigenvalue weighted by molar-refractivity contribution is 5.93. The van der Waals surface area contributed by atoms with Gasteiger partial charge < -0.3 is 10.6 Å². The summed E-state index contributed by atoms with van der Waals surface area (Å²) in [6.45, 7) is 0.255. The topological polar surface area (TPSA) is 125 Å². The molecule has 38 heavy (non-hydrogen) atoms. The van der Waals surface area contributed by atoms with E-state index in [0.717, 1.165) is 48.3 Å². The lowest BCUT2D eigenvalue weighted by atomic mass is 9.89. The molecule has 0 unspecified atom stereocenters. The second-order valence-electron chi connectivity index (χ2n) is 9.34. The summed E-state index contributed by atoms with van der Waals surface area (Å²) in [5.74, 6) is 1.33. The van der Waals surface area contributed by atoms with Crippen molar-refractivity contribution < 1.29 is 4.79 Å². The maximum atomic E-state index is 13.5. The maximum absolute atomic E-state index is 13.5. The largest absolute Gasteiger partial charge is 0.367 e. The molecule has 10 heteroatoms. The third kappa shape index (κ3) is 5.95. The van der Waals surface area contributed by atoms with E-state index in [1.165, 1.54) is 0 Å². The minimum atomic E-state index is -0.170. The Balaban J connectivity index is 1.29. The normalized spacial score (nSPS) is 16.8. The molecule has 1 aliphatic carbocycles. The average Bonchev–Trinajstić information content (AvgIpc) is 3.40. The van der Waals surface area contributed by atoms with Crippen molar-refractivity contribution in [3.8, 4) is 17.2 Å². The van der Waals surface area contributed by atoms with E-state index in [2.05, 4.69) is 36.8 Å². The Bertz CT molecular complexity index is 1390. The van der Waals surface area contributed by atoms with Crippen molar-refractivity contribution in [1.82, 2.24) is 30.0 Å². The van der Waals surface area contributed by atoms with Gasteiger partial charge in [0.1, 0.15) is 17.7 Å². The first-order valence-corrected chi connectivity index (χ1v) is 12.6. The van der Waals surface area contributed by atoms with Crippen molar-refractivity contribution >= 4 is 17.5 Å². The highest BCUT2D eigenvalue weighted by Crippen LogP contribution is 2.31. The molecule has 10 nitrogen and oxygen atoms in total. The number of nitrogens with zero attached hydrogens (tertiary/aromatic N) is 7. The number of hydrogen-bond acceptors (Lipinski definition) is 7. The highest BCUT2D eigenvalue weighted by Gasteiger charge is 2.30. The maximum Gasteiger partial charge on any atom is 0.322 e. The van der Waals surface area contributed by atoms with E-state index < -0.39 is 0 Å². The van der Waals surface area contributed by atoms with Gasteiger partial charge in [-0.1, -0.05) is 12.1 Å². The molecule has 0 atom stereocenters. The van der Waals surface area contributed by atoms with Gasteiger partial charge in [-0.25, -0.2) is 19.7 Å². The van der Waals surface area contributed by atoms with Gasteiger partial charge in [0, 0.05) is 55.2 Å². The molecule has 1 aliphatic rings. The molecule has 0 saturated heterocycles. The van der Waals surface area contributed by atoms with Crippen LogP contribution in [0.2, 0.25) is 0 Å². The number of rotatable bonds is 7. The van der Waals surface area contributed by atoms with Gasteiger partial charge in [-0.15, -0.1) is 0 Å². The summed E-state index contributed by atoms with van der Waals surface area (Å²) in [4.78, 5) is 28.1. The number of amides is 2. The van der Waals surface area contributed by atoms with E-state index in [-0.39, 0.29) is 24.7 Å². The average molecular weight is 508 g/mol. The number of benzene rings is 1. The molecule has 192 valence electrons. The van der Waals surface area contributed by atoms with E-state index in [1.54, 1.807) is 35.4 Å². The van der Waals surface area contributed by atoms with Crippen LogP contribution in [-0.4, -0.2) is 42.8 Å². The molecule has 0 aliphatic heterocycles. The number of carbonyl (C=O) groups excluding carboxylic acids is 1. The fourth-order valence-corrected chi connectivity index (χ4v) is 4.77. The number of hydrogen-bond donors (Lipinski definition) is 2. The van der Waals surface area contributed by atoms with Crippen molar-refractivity contribution in [3.63, 3.8) is 0 Å². The van der Waals surface area contributed by atoms with Gasteiger partial charge in [-0.3, -0.25) is 9.58 Å². The summed E-state index contributed by atoms with van der Waals surface area (Å²) in [5.41, 5.74) is 3.45. The Labute approximate surface area is 221 Å². The van der Waals surface area contributed by atoms with Crippen LogP contribution < -0.4 is 15.5 Å². The van der Waals surface area contributed by atoms with Gasteiger partial charge in [0.2, 0.25) is 0 Å². The third-order valence-corrected chi connectivity index (χ3v) is 6.73. The van der Waals surface area contributed by atoms with Crippen LogP contribution in [0.5, 0.6) is 0 Å². The molecule has 0 radical (unpaired) electrons. The molecule has 1 aromatic carbocycles. The molecular formula is C28H29N9O. The fraction of sp³-hybridized carbons (Fsp3) is 0.286. The number of anilines is 2. The van der Waals surface area contributed by atoms with E-state index in [1.807, 2.05) is 54.7 Å². The van der Waals surface area contributed by atoms with Crippen LogP contribution in [0.3, 0.4) is 0 Å². The predicted octanol–water partition coefficient (Wildman–Crippen LogP) is 4.28. The summed E-state index contributed by atoms with van der Waals surface area (Å²) >= 11 is 0. The zero-order chi connectivity index (χ0) is 26.3. The Morgan fingerprint density at radius 2 is 1.79 bits per heavy atom. The Hall–Kier alpha value is -4.78. The second-order valence-corrected chi connectivity index (χ2v) is 9.34. The van der Waals surface area contributed by atoms with Crippen molar-refractivity contribution in [2.24, 2.45) is 7.05 Å². The first-order valence-electron chi connectivity index (χ1n) is 12.6. The number of aryl methyl sites for hydroxylation is 1. The molecule has 3 heterocycles. The molecule has 1 fully saturated rings. The van der Waals surface area contributed by atoms with Gasteiger partial charge in [0.25, 0.3) is 0 Å². The predicted molar refractivity (Wildman–Crippen MR) is 144 cm³/mol. The minimum absolute atomic E-state index is 0.0444. The monoisotopic (exact) mass is 507 g/mol. The van der Waals surface area contributed by atoms with Crippen LogP contribution in [0.15, 0.2) is 73.4 Å². The summed E-state index contributed by atoms with van der Waals surface area (Å²) in [5, 5.41) is 19.7. The van der Waals surface area contributed by atoms with Crippen molar-refractivity contribution in [2.45, 2.75) is 44.3 Å². The van der Waals surface area contributed by atoms with Crippen molar-refractivity contribution in [1.29, 1.82) is 5.26 Å². The molecule has 2 N–H and O–H groups in total. The van der Waals surface area contributed by atoms with E-state index in [0.29, 0.717) is 11.4 Å². The van der Waals surface area contributed by atoms with E-state index in [4.69, 9.17) is 5.26 Å². The van der Waals surface area contributed by atoms with Crippen LogP contribution >= 0.6 is 0 Å². The molecular weight excluding hydrogens is 478 g/mol. The van der Waals surface area contributed by atoms with Gasteiger partial charge >= 0.3 is 6.03 Å². The molecule has 5 rings (SSSR count). The Morgan fingerprint density at radius 3 is 2.42 bits per heavy atom. The summed E-state index contributed by atoms with van der Waals surface area (Å²) < 4.78 is 1.77. The van der Waals surface area contributed by atoms with Crippen molar-refractivity contribution in [3.05, 3.63) is 84.8 Å². The molecule has 4 aromatic rings. The Morgan fingerprint density at radius 1 is 1.03 bits per heavy atom. The lowest BCUT2D eigenvalue weighted by Crippen LogP contribution is -2.48.